The van der Waals surface area contributed by atoms with Crippen LogP contribution in [0.2, 0.25) is 0 Å². The van der Waals surface area contributed by atoms with E-state index in [2.05, 4.69) is 41.5 Å². The minimum absolute atomic E-state index is 0.299. The van der Waals surface area contributed by atoms with Crippen molar-refractivity contribution in [3.63, 3.8) is 0 Å². The van der Waals surface area contributed by atoms with Crippen molar-refractivity contribution in [3.8, 4) is 11.5 Å². The molecule has 248 valence electrons. The van der Waals surface area contributed by atoms with Gasteiger partial charge in [0.25, 0.3) is 0 Å². The van der Waals surface area contributed by atoms with Crippen LogP contribution in [0.5, 0.6) is 11.5 Å². The molecule has 0 N–H and O–H groups in total. The molecule has 0 amide bonds. The molecule has 3 aromatic rings. The van der Waals surface area contributed by atoms with Crippen LogP contribution in [-0.2, 0) is 34.5 Å². The molecule has 3 aliphatic heterocycles. The van der Waals surface area contributed by atoms with E-state index < -0.39 is 50.5 Å². The number of benzene rings is 2. The summed E-state index contributed by atoms with van der Waals surface area (Å²) in [6, 6.07) is 8.00. The number of methoxy groups -OCH3 is 2. The lowest BCUT2D eigenvalue weighted by atomic mass is 9.84. The van der Waals surface area contributed by atoms with Crippen molar-refractivity contribution in [2.45, 2.75) is 122 Å². The van der Waals surface area contributed by atoms with E-state index in [0.717, 1.165) is 21.9 Å². The Morgan fingerprint density at radius 2 is 1.24 bits per heavy atom. The summed E-state index contributed by atoms with van der Waals surface area (Å²) in [5, 5.41) is 1.67. The van der Waals surface area contributed by atoms with Crippen molar-refractivity contribution in [2.24, 2.45) is 0 Å². The molecule has 3 saturated heterocycles. The summed E-state index contributed by atoms with van der Waals surface area (Å²) in [6.45, 7) is 20.7. The second-order valence-electron chi connectivity index (χ2n) is 15.0. The first kappa shape index (κ1) is 32.6. The highest BCUT2D eigenvalue weighted by atomic mass is 31.1. The maximum Gasteiger partial charge on any atom is 0.387 e. The molecule has 0 saturated carbocycles. The normalized spacial score (nSPS) is 27.7. The fourth-order valence-corrected chi connectivity index (χ4v) is 7.52. The Kier molecular flexibility index (Phi) is 8.09. The summed E-state index contributed by atoms with van der Waals surface area (Å²) in [4.78, 5) is 0. The highest BCUT2D eigenvalue weighted by Crippen LogP contribution is 2.48. The van der Waals surface area contributed by atoms with Gasteiger partial charge in [0, 0.05) is 21.9 Å². The molecular weight excluding hydrogens is 599 g/mol. The van der Waals surface area contributed by atoms with Gasteiger partial charge in [0.15, 0.2) is 17.9 Å². The Labute approximate surface area is 266 Å². The van der Waals surface area contributed by atoms with Crippen molar-refractivity contribution >= 4 is 30.2 Å². The maximum atomic E-state index is 6.89. The molecule has 11 heteroatoms. The molecule has 2 aromatic carbocycles. The molecule has 5 atom stereocenters. The molecule has 0 bridgehead atoms. The Balaban J connectivity index is 1.61. The molecule has 6 rings (SSSR count). The van der Waals surface area contributed by atoms with Gasteiger partial charge in [-0.15, -0.1) is 0 Å². The fraction of sp³-hybridized carbons (Fsp3) is 0.647. The maximum absolute atomic E-state index is 6.89. The third kappa shape index (κ3) is 6.23. The molecule has 0 aliphatic carbocycles. The van der Waals surface area contributed by atoms with Crippen LogP contribution < -0.4 is 14.0 Å². The summed E-state index contributed by atoms with van der Waals surface area (Å²) >= 11 is 0. The van der Waals surface area contributed by atoms with Gasteiger partial charge in [-0.1, -0.05) is 41.5 Å². The predicted molar refractivity (Wildman–Crippen MR) is 171 cm³/mol. The van der Waals surface area contributed by atoms with E-state index in [0.29, 0.717) is 29.3 Å². The number of fused-ring (bicyclic) bond motifs is 4. The third-order valence-electron chi connectivity index (χ3n) is 8.47. The highest BCUT2D eigenvalue weighted by molar-refractivity contribution is 7.31. The second-order valence-corrected chi connectivity index (χ2v) is 16.0. The first-order valence-corrected chi connectivity index (χ1v) is 16.6. The summed E-state index contributed by atoms with van der Waals surface area (Å²) < 4.78 is 63.2. The van der Waals surface area contributed by atoms with E-state index in [9.17, 15) is 0 Å². The van der Waals surface area contributed by atoms with Crippen LogP contribution in [0.3, 0.4) is 0 Å². The topological polar surface area (TPSA) is 100 Å². The zero-order valence-corrected chi connectivity index (χ0v) is 29.3. The minimum atomic E-state index is -2.05. The molecule has 0 radical (unpaired) electrons. The zero-order chi connectivity index (χ0) is 32.7. The Hall–Kier alpha value is -2.30. The van der Waals surface area contributed by atoms with Crippen LogP contribution in [-0.4, -0.2) is 63.1 Å². The van der Waals surface area contributed by atoms with Crippen LogP contribution in [0.25, 0.3) is 21.9 Å². The summed E-state index contributed by atoms with van der Waals surface area (Å²) in [5.74, 6) is -0.172. The third-order valence-corrected chi connectivity index (χ3v) is 9.54. The van der Waals surface area contributed by atoms with E-state index >= 15 is 0 Å². The molecule has 10 nitrogen and oxygen atoms in total. The van der Waals surface area contributed by atoms with Gasteiger partial charge in [-0.2, -0.15) is 0 Å². The predicted octanol–water partition coefficient (Wildman–Crippen LogP) is 7.73. The average Bonchev–Trinajstić information content (AvgIpc) is 3.51. The molecular formula is C34H47O10P. The van der Waals surface area contributed by atoms with E-state index in [1.165, 1.54) is 0 Å². The number of hydrogen-bond acceptors (Lipinski definition) is 10. The molecule has 4 heterocycles. The van der Waals surface area contributed by atoms with Gasteiger partial charge in [-0.25, -0.2) is 0 Å². The Bertz CT molecular complexity index is 1550. The number of ether oxygens (including phenoxy) is 7. The molecule has 3 fully saturated rings. The van der Waals surface area contributed by atoms with Gasteiger partial charge in [0.1, 0.15) is 47.1 Å². The van der Waals surface area contributed by atoms with Crippen LogP contribution in [0.1, 0.15) is 80.4 Å². The van der Waals surface area contributed by atoms with Crippen molar-refractivity contribution in [1.29, 1.82) is 0 Å². The largest absolute Gasteiger partial charge is 0.497 e. The van der Waals surface area contributed by atoms with Crippen LogP contribution >= 0.6 is 8.24 Å². The van der Waals surface area contributed by atoms with E-state index in [4.69, 9.17) is 46.1 Å². The quantitative estimate of drug-likeness (QED) is 0.274. The van der Waals surface area contributed by atoms with Crippen LogP contribution in [0.4, 0.5) is 0 Å². The highest BCUT2D eigenvalue weighted by Gasteiger charge is 2.59. The number of rotatable bonds is 5. The van der Waals surface area contributed by atoms with Crippen molar-refractivity contribution < 1.29 is 46.1 Å². The van der Waals surface area contributed by atoms with Crippen molar-refractivity contribution in [3.05, 3.63) is 35.4 Å². The second kappa shape index (κ2) is 11.2. The van der Waals surface area contributed by atoms with Gasteiger partial charge in [-0.3, -0.25) is 4.52 Å². The van der Waals surface area contributed by atoms with Crippen LogP contribution in [0, 0.1) is 0 Å². The summed E-state index contributed by atoms with van der Waals surface area (Å²) in [6.07, 6.45) is -2.78. The molecule has 1 aromatic heterocycles. The lowest BCUT2D eigenvalue weighted by molar-refractivity contribution is -0.228. The molecule has 0 spiro atoms. The molecule has 45 heavy (non-hydrogen) atoms. The average molecular weight is 647 g/mol. The minimum Gasteiger partial charge on any atom is -0.497 e. The SMILES string of the molecule is COc1cc(C(C)(C)C)c2op(O[C@H]3[C@H]4OC(C)(C)O[C@H]4O[C@@H]3[C@H]3COC(C)(C)O3)oc3c(C(C)(C)C)cc(OC)cc3c2c1. The van der Waals surface area contributed by atoms with Crippen molar-refractivity contribution in [2.75, 3.05) is 20.8 Å². The smallest absolute Gasteiger partial charge is 0.387 e. The molecule has 0 unspecified atom stereocenters. The van der Waals surface area contributed by atoms with Crippen molar-refractivity contribution in [1.82, 2.24) is 0 Å². The van der Waals surface area contributed by atoms with Gasteiger partial charge >= 0.3 is 8.24 Å². The van der Waals surface area contributed by atoms with Gasteiger partial charge in [0.2, 0.25) is 0 Å². The van der Waals surface area contributed by atoms with E-state index in [1.807, 2.05) is 52.0 Å². The summed E-state index contributed by atoms with van der Waals surface area (Å²) in [5.41, 5.74) is 2.65. The molecule has 3 aliphatic rings. The lowest BCUT2D eigenvalue weighted by Gasteiger charge is -2.28. The summed E-state index contributed by atoms with van der Waals surface area (Å²) in [7, 11) is 1.29. The standard InChI is InChI=1S/C34H47O10P/c1-31(2,3)22-15-18(35-11)13-20-21-14-19(36-12)16-23(32(4,5)6)26(21)43-45(42-25(20)22)44-28-27(24-17-37-33(7,8)39-24)38-30-29(28)40-34(9,10)41-30/h13-16,24,27-30H,17H2,1-12H3/t24-,27-,28-,29-,30-/m1/s1. The zero-order valence-electron chi connectivity index (χ0n) is 28.4. The van der Waals surface area contributed by atoms with Crippen LogP contribution in [0.15, 0.2) is 32.7 Å². The van der Waals surface area contributed by atoms with Gasteiger partial charge in [0.05, 0.1) is 20.8 Å². The van der Waals surface area contributed by atoms with E-state index in [-0.39, 0.29) is 10.8 Å². The first-order valence-electron chi connectivity index (χ1n) is 15.5. The first-order chi connectivity index (χ1) is 20.9. The fourth-order valence-electron chi connectivity index (χ4n) is 6.26. The Morgan fingerprint density at radius 1 is 0.711 bits per heavy atom. The van der Waals surface area contributed by atoms with Gasteiger partial charge in [-0.05, 0) is 62.8 Å². The monoisotopic (exact) mass is 646 g/mol. The van der Waals surface area contributed by atoms with Gasteiger partial charge < -0.3 is 41.6 Å². The number of hydrogen-bond donors (Lipinski definition) is 0. The lowest BCUT2D eigenvalue weighted by Crippen LogP contribution is -2.45. The Morgan fingerprint density at radius 3 is 1.69 bits per heavy atom. The van der Waals surface area contributed by atoms with E-state index in [1.54, 1.807) is 14.2 Å².